The predicted octanol–water partition coefficient (Wildman–Crippen LogP) is 4.81. The van der Waals surface area contributed by atoms with E-state index >= 15 is 0 Å². The van der Waals surface area contributed by atoms with E-state index in [0.717, 1.165) is 11.3 Å². The van der Waals surface area contributed by atoms with Crippen molar-refractivity contribution in [1.29, 1.82) is 0 Å². The summed E-state index contributed by atoms with van der Waals surface area (Å²) >= 11 is 0. The second-order valence-corrected chi connectivity index (χ2v) is 10.4. The molecule has 0 aliphatic carbocycles. The van der Waals surface area contributed by atoms with Gasteiger partial charge in [0.2, 0.25) is 17.8 Å². The summed E-state index contributed by atoms with van der Waals surface area (Å²) in [6, 6.07) is 21.8. The zero-order valence-electron chi connectivity index (χ0n) is 25.4. The zero-order valence-corrected chi connectivity index (χ0v) is 25.4. The fourth-order valence-corrected chi connectivity index (χ4v) is 4.96. The minimum Gasteiger partial charge on any atom is -0.494 e. The molecule has 3 amide bonds. The van der Waals surface area contributed by atoms with Gasteiger partial charge < -0.3 is 25.1 Å². The van der Waals surface area contributed by atoms with Crippen LogP contribution in [0.5, 0.6) is 17.2 Å². The number of imidazole rings is 1. The highest BCUT2D eigenvalue weighted by Gasteiger charge is 2.21. The Labute approximate surface area is 260 Å². The third kappa shape index (κ3) is 7.29. The first kappa shape index (κ1) is 30.8. The lowest BCUT2D eigenvalue weighted by molar-refractivity contribution is -0.121. The average Bonchev–Trinajstić information content (AvgIpc) is 3.60. The molecule has 0 aliphatic rings. The summed E-state index contributed by atoms with van der Waals surface area (Å²) in [7, 11) is 1.48. The fraction of sp³-hybridized carbons (Fsp3) is 0.242. The summed E-state index contributed by atoms with van der Waals surface area (Å²) in [5.41, 5.74) is 8.77. The minimum absolute atomic E-state index is 0.125. The Morgan fingerprint density at radius 1 is 0.978 bits per heavy atom. The minimum atomic E-state index is -0.632. The number of carbonyl (C=O) groups is 3. The first-order valence-corrected chi connectivity index (χ1v) is 14.6. The third-order valence-electron chi connectivity index (χ3n) is 7.15. The van der Waals surface area contributed by atoms with Crippen LogP contribution in [0.15, 0.2) is 72.8 Å². The molecule has 0 radical (unpaired) electrons. The highest BCUT2D eigenvalue weighted by atomic mass is 16.5. The number of fused-ring (bicyclic) bond motifs is 1. The van der Waals surface area contributed by atoms with Gasteiger partial charge in [0.1, 0.15) is 28.5 Å². The number of primary amides is 1. The van der Waals surface area contributed by atoms with Crippen LogP contribution in [0.1, 0.15) is 51.9 Å². The molecule has 0 bridgehead atoms. The number of anilines is 1. The quantitative estimate of drug-likeness (QED) is 0.173. The lowest BCUT2D eigenvalue weighted by Gasteiger charge is -2.13. The van der Waals surface area contributed by atoms with E-state index in [9.17, 15) is 14.4 Å². The molecule has 2 heterocycles. The summed E-state index contributed by atoms with van der Waals surface area (Å²) in [6.07, 6.45) is 0.669. The molecule has 0 saturated carbocycles. The van der Waals surface area contributed by atoms with Crippen LogP contribution in [0.4, 0.5) is 5.95 Å². The Hall–Kier alpha value is -5.65. The Kier molecular flexibility index (Phi) is 9.42. The van der Waals surface area contributed by atoms with E-state index in [4.69, 9.17) is 15.2 Å². The van der Waals surface area contributed by atoms with E-state index in [1.165, 1.54) is 13.2 Å². The van der Waals surface area contributed by atoms with Crippen LogP contribution in [0, 0.1) is 6.92 Å². The van der Waals surface area contributed by atoms with Crippen molar-refractivity contribution in [2.24, 2.45) is 5.73 Å². The molecular formula is C33H35N7O5. The molecule has 232 valence electrons. The van der Waals surface area contributed by atoms with Gasteiger partial charge in [0, 0.05) is 31.6 Å². The highest BCUT2D eigenvalue weighted by Crippen LogP contribution is 2.31. The molecule has 5 aromatic rings. The first-order chi connectivity index (χ1) is 21.7. The topological polar surface area (TPSA) is 155 Å². The van der Waals surface area contributed by atoms with Gasteiger partial charge in [-0.3, -0.25) is 24.4 Å². The average molecular weight is 610 g/mol. The molecular weight excluding hydrogens is 574 g/mol. The van der Waals surface area contributed by atoms with Crippen molar-refractivity contribution >= 4 is 34.7 Å². The van der Waals surface area contributed by atoms with Crippen molar-refractivity contribution in [3.05, 3.63) is 95.3 Å². The Balaban J connectivity index is 1.27. The smallest absolute Gasteiger partial charge is 0.276 e. The maximum absolute atomic E-state index is 13.3. The lowest BCUT2D eigenvalue weighted by atomic mass is 10.1. The van der Waals surface area contributed by atoms with E-state index < -0.39 is 5.91 Å². The van der Waals surface area contributed by atoms with Crippen LogP contribution in [0.3, 0.4) is 0 Å². The van der Waals surface area contributed by atoms with E-state index in [1.54, 1.807) is 21.4 Å². The monoisotopic (exact) mass is 609 g/mol. The molecule has 45 heavy (non-hydrogen) atoms. The van der Waals surface area contributed by atoms with Crippen LogP contribution in [-0.4, -0.2) is 44.2 Å². The van der Waals surface area contributed by atoms with E-state index in [0.29, 0.717) is 60.0 Å². The van der Waals surface area contributed by atoms with Crippen LogP contribution < -0.4 is 25.8 Å². The van der Waals surface area contributed by atoms with E-state index in [-0.39, 0.29) is 29.7 Å². The second kappa shape index (κ2) is 13.8. The Morgan fingerprint density at radius 2 is 1.71 bits per heavy atom. The van der Waals surface area contributed by atoms with Crippen molar-refractivity contribution in [2.75, 3.05) is 12.4 Å². The second-order valence-electron chi connectivity index (χ2n) is 10.4. The SMILES string of the molecule is CCn1nc(C)cc1C(=O)Nc1nc2cc(C(N)=O)cc(OC)c2n1CCCC(=O)NCc1ccc(Oc2ccccc2)cc1. The standard InChI is InChI=1S/C33H35N7O5/c1-4-40-27(17-21(2)38-40)32(43)37-33-36-26-18-23(31(34)42)19-28(44-3)30(26)39(33)16-8-11-29(41)35-20-22-12-14-25(15-13-22)45-24-9-6-5-7-10-24/h5-7,9-10,12-15,17-19H,4,8,11,16,20H2,1-3H3,(H2,34,42)(H,35,41)(H,36,37,43). The number of amides is 3. The molecule has 5 rings (SSSR count). The molecule has 0 atom stereocenters. The molecule has 12 nitrogen and oxygen atoms in total. The van der Waals surface area contributed by atoms with Crippen molar-refractivity contribution in [3.8, 4) is 17.2 Å². The van der Waals surface area contributed by atoms with Gasteiger partial charge in [-0.15, -0.1) is 0 Å². The normalized spacial score (nSPS) is 10.9. The summed E-state index contributed by atoms with van der Waals surface area (Å²) in [5, 5.41) is 10.2. The molecule has 0 spiro atoms. The highest BCUT2D eigenvalue weighted by molar-refractivity contribution is 6.04. The summed E-state index contributed by atoms with van der Waals surface area (Å²) in [4.78, 5) is 42.6. The van der Waals surface area contributed by atoms with Crippen LogP contribution in [0.2, 0.25) is 0 Å². The number of nitrogens with two attached hydrogens (primary N) is 1. The lowest BCUT2D eigenvalue weighted by Crippen LogP contribution is -2.23. The van der Waals surface area contributed by atoms with Gasteiger partial charge in [-0.2, -0.15) is 5.10 Å². The van der Waals surface area contributed by atoms with E-state index in [2.05, 4.69) is 20.7 Å². The number of para-hydroxylation sites is 1. The van der Waals surface area contributed by atoms with E-state index in [1.807, 2.05) is 68.4 Å². The molecule has 0 aliphatic heterocycles. The Morgan fingerprint density at radius 3 is 2.40 bits per heavy atom. The van der Waals surface area contributed by atoms with Crippen molar-refractivity contribution < 1.29 is 23.9 Å². The van der Waals surface area contributed by atoms with Gasteiger partial charge in [-0.05, 0) is 68.3 Å². The van der Waals surface area contributed by atoms with Crippen molar-refractivity contribution in [1.82, 2.24) is 24.6 Å². The van der Waals surface area contributed by atoms with Crippen LogP contribution in [-0.2, 0) is 24.4 Å². The summed E-state index contributed by atoms with van der Waals surface area (Å²) < 4.78 is 14.8. The maximum atomic E-state index is 13.3. The Bertz CT molecular complexity index is 1830. The number of nitrogens with zero attached hydrogens (tertiary/aromatic N) is 4. The molecule has 3 aromatic carbocycles. The number of hydrogen-bond acceptors (Lipinski definition) is 7. The number of aromatic nitrogens is 4. The number of carbonyl (C=O) groups excluding carboxylic acids is 3. The fourth-order valence-electron chi connectivity index (χ4n) is 4.96. The van der Waals surface area contributed by atoms with Gasteiger partial charge in [0.15, 0.2) is 0 Å². The predicted molar refractivity (Wildman–Crippen MR) is 169 cm³/mol. The molecule has 12 heteroatoms. The molecule has 2 aromatic heterocycles. The van der Waals surface area contributed by atoms with Crippen LogP contribution in [0.25, 0.3) is 11.0 Å². The third-order valence-corrected chi connectivity index (χ3v) is 7.15. The molecule has 0 unspecified atom stereocenters. The number of hydrogen-bond donors (Lipinski definition) is 3. The van der Waals surface area contributed by atoms with Gasteiger partial charge in [0.05, 0.1) is 18.3 Å². The van der Waals surface area contributed by atoms with Gasteiger partial charge in [-0.25, -0.2) is 4.98 Å². The molecule has 4 N–H and O–H groups in total. The zero-order chi connectivity index (χ0) is 31.9. The van der Waals surface area contributed by atoms with Crippen molar-refractivity contribution in [3.63, 3.8) is 0 Å². The van der Waals surface area contributed by atoms with Crippen LogP contribution >= 0.6 is 0 Å². The van der Waals surface area contributed by atoms with Gasteiger partial charge >= 0.3 is 0 Å². The first-order valence-electron chi connectivity index (χ1n) is 14.6. The van der Waals surface area contributed by atoms with Gasteiger partial charge in [0.25, 0.3) is 5.91 Å². The molecule has 0 saturated heterocycles. The number of ether oxygens (including phenoxy) is 2. The summed E-state index contributed by atoms with van der Waals surface area (Å²) in [5.74, 6) is 0.927. The number of rotatable bonds is 13. The van der Waals surface area contributed by atoms with Crippen molar-refractivity contribution in [2.45, 2.75) is 46.3 Å². The maximum Gasteiger partial charge on any atom is 0.276 e. The number of aryl methyl sites for hydroxylation is 3. The molecule has 0 fully saturated rings. The number of nitrogens with one attached hydrogen (secondary N) is 2. The van der Waals surface area contributed by atoms with Gasteiger partial charge in [-0.1, -0.05) is 30.3 Å². The summed E-state index contributed by atoms with van der Waals surface area (Å²) in [6.45, 7) is 4.94. The number of methoxy groups -OCH3 is 1. The number of benzene rings is 3. The largest absolute Gasteiger partial charge is 0.494 e.